The summed E-state index contributed by atoms with van der Waals surface area (Å²) in [6.45, 7) is 0.647. The maximum atomic E-state index is 12.6. The number of rotatable bonds is 9. The van der Waals surface area contributed by atoms with Gasteiger partial charge >= 0.3 is 0 Å². The van der Waals surface area contributed by atoms with Gasteiger partial charge in [0.2, 0.25) is 11.8 Å². The number of amides is 3. The van der Waals surface area contributed by atoms with E-state index in [1.807, 2.05) is 30.3 Å². The Morgan fingerprint density at radius 1 is 0.972 bits per heavy atom. The Morgan fingerprint density at radius 2 is 1.72 bits per heavy atom. The van der Waals surface area contributed by atoms with Crippen molar-refractivity contribution >= 4 is 52.3 Å². The highest BCUT2D eigenvalue weighted by Gasteiger charge is 2.34. The molecule has 3 aromatic carbocycles. The van der Waals surface area contributed by atoms with Crippen LogP contribution in [0.25, 0.3) is 0 Å². The molecule has 9 heteroatoms. The van der Waals surface area contributed by atoms with E-state index in [2.05, 4.69) is 10.6 Å². The molecule has 1 atom stereocenters. The van der Waals surface area contributed by atoms with Crippen molar-refractivity contribution in [3.8, 4) is 5.75 Å². The third-order valence-corrected chi connectivity index (χ3v) is 6.51. The number of nitrogens with zero attached hydrogens (tertiary/aromatic N) is 1. The van der Waals surface area contributed by atoms with Crippen LogP contribution in [0.5, 0.6) is 5.75 Å². The van der Waals surface area contributed by atoms with Gasteiger partial charge in [-0.25, -0.2) is 0 Å². The van der Waals surface area contributed by atoms with Crippen molar-refractivity contribution in [1.29, 1.82) is 0 Å². The van der Waals surface area contributed by atoms with Crippen molar-refractivity contribution in [2.75, 3.05) is 29.9 Å². The Kier molecular flexibility index (Phi) is 8.46. The topological polar surface area (TPSA) is 87.7 Å². The molecule has 3 aromatic rings. The Balaban J connectivity index is 1.24. The van der Waals surface area contributed by atoms with Gasteiger partial charge in [-0.15, -0.1) is 0 Å². The van der Waals surface area contributed by atoms with Gasteiger partial charge in [0.1, 0.15) is 5.75 Å². The van der Waals surface area contributed by atoms with Crippen LogP contribution in [0.3, 0.4) is 0 Å². The molecule has 1 fully saturated rings. The second-order valence-corrected chi connectivity index (χ2v) is 9.21. The van der Waals surface area contributed by atoms with Crippen LogP contribution in [-0.2, 0) is 20.8 Å². The minimum atomic E-state index is -0.394. The molecule has 2 N–H and O–H groups in total. The van der Waals surface area contributed by atoms with E-state index in [0.717, 1.165) is 12.0 Å². The van der Waals surface area contributed by atoms with Crippen LogP contribution in [0.1, 0.15) is 12.0 Å². The predicted octanol–water partition coefficient (Wildman–Crippen LogP) is 4.72. The van der Waals surface area contributed by atoms with Crippen molar-refractivity contribution in [2.24, 2.45) is 5.92 Å². The molecule has 0 bridgehead atoms. The predicted molar refractivity (Wildman–Crippen MR) is 141 cm³/mol. The lowest BCUT2D eigenvalue weighted by Crippen LogP contribution is -2.34. The van der Waals surface area contributed by atoms with Gasteiger partial charge in [-0.3, -0.25) is 14.4 Å². The summed E-state index contributed by atoms with van der Waals surface area (Å²) < 4.78 is 5.54. The number of carbonyl (C=O) groups excluding carboxylic acids is 3. The maximum absolute atomic E-state index is 12.6. The van der Waals surface area contributed by atoms with Gasteiger partial charge in [-0.05, 0) is 54.4 Å². The summed E-state index contributed by atoms with van der Waals surface area (Å²) in [4.78, 5) is 38.9. The van der Waals surface area contributed by atoms with Gasteiger partial charge in [-0.1, -0.05) is 53.5 Å². The maximum Gasteiger partial charge on any atom is 0.262 e. The summed E-state index contributed by atoms with van der Waals surface area (Å²) in [6, 6.07) is 21.6. The molecule has 1 aliphatic rings. The molecule has 186 valence electrons. The fourth-order valence-electron chi connectivity index (χ4n) is 3.89. The van der Waals surface area contributed by atoms with Crippen molar-refractivity contribution in [3.05, 3.63) is 88.4 Å². The van der Waals surface area contributed by atoms with Gasteiger partial charge in [0.15, 0.2) is 6.61 Å². The van der Waals surface area contributed by atoms with Gasteiger partial charge in [0.05, 0.1) is 16.0 Å². The Hall–Kier alpha value is -3.55. The first-order valence-electron chi connectivity index (χ1n) is 11.5. The molecule has 0 spiro atoms. The molecular weight excluding hydrogens is 501 g/mol. The largest absolute Gasteiger partial charge is 0.484 e. The van der Waals surface area contributed by atoms with Crippen molar-refractivity contribution < 1.29 is 19.1 Å². The zero-order valence-corrected chi connectivity index (χ0v) is 20.9. The molecule has 1 saturated heterocycles. The zero-order valence-electron chi connectivity index (χ0n) is 19.4. The molecule has 1 heterocycles. The average Bonchev–Trinajstić information content (AvgIpc) is 3.27. The smallest absolute Gasteiger partial charge is 0.262 e. The minimum Gasteiger partial charge on any atom is -0.484 e. The van der Waals surface area contributed by atoms with Crippen LogP contribution in [0.2, 0.25) is 10.0 Å². The molecule has 1 aliphatic heterocycles. The highest BCUT2D eigenvalue weighted by molar-refractivity contribution is 6.42. The van der Waals surface area contributed by atoms with Crippen LogP contribution in [0, 0.1) is 5.92 Å². The van der Waals surface area contributed by atoms with Gasteiger partial charge < -0.3 is 20.3 Å². The number of anilines is 2. The van der Waals surface area contributed by atoms with Crippen LogP contribution in [0.15, 0.2) is 72.8 Å². The van der Waals surface area contributed by atoms with Gasteiger partial charge in [-0.2, -0.15) is 0 Å². The van der Waals surface area contributed by atoms with E-state index in [4.69, 9.17) is 27.9 Å². The number of ether oxygens (including phenoxy) is 1. The summed E-state index contributed by atoms with van der Waals surface area (Å²) in [6.07, 6.45) is 0.911. The van der Waals surface area contributed by atoms with E-state index in [9.17, 15) is 14.4 Å². The number of benzene rings is 3. The Morgan fingerprint density at radius 3 is 2.44 bits per heavy atom. The standard InChI is InChI=1S/C27H25Cl2N3O4/c28-23-11-6-20(15-24(23)29)31-25(33)17-36-22-9-7-21(8-10-22)32-16-19(14-26(32)34)27(35)30-13-12-18-4-2-1-3-5-18/h1-11,15,19H,12-14,16-17H2,(H,30,35)(H,31,33). The lowest BCUT2D eigenvalue weighted by Gasteiger charge is -2.17. The summed E-state index contributed by atoms with van der Waals surface area (Å²) in [5.74, 6) is -0.491. The zero-order chi connectivity index (χ0) is 25.5. The van der Waals surface area contributed by atoms with E-state index in [1.54, 1.807) is 47.4 Å². The Labute approximate surface area is 219 Å². The summed E-state index contributed by atoms with van der Waals surface area (Å²) in [5, 5.41) is 6.36. The van der Waals surface area contributed by atoms with Crippen molar-refractivity contribution in [2.45, 2.75) is 12.8 Å². The van der Waals surface area contributed by atoms with Crippen molar-refractivity contribution in [3.63, 3.8) is 0 Å². The number of hydrogen-bond acceptors (Lipinski definition) is 4. The van der Waals surface area contributed by atoms with Crippen LogP contribution >= 0.6 is 23.2 Å². The summed E-state index contributed by atoms with van der Waals surface area (Å²) >= 11 is 11.8. The molecular formula is C27H25Cl2N3O4. The highest BCUT2D eigenvalue weighted by atomic mass is 35.5. The highest BCUT2D eigenvalue weighted by Crippen LogP contribution is 2.27. The van der Waals surface area contributed by atoms with E-state index in [-0.39, 0.29) is 30.7 Å². The Bertz CT molecular complexity index is 1240. The first-order valence-corrected chi connectivity index (χ1v) is 12.2. The summed E-state index contributed by atoms with van der Waals surface area (Å²) in [7, 11) is 0. The van der Waals surface area contributed by atoms with E-state index in [1.165, 1.54) is 0 Å². The minimum absolute atomic E-state index is 0.104. The fourth-order valence-corrected chi connectivity index (χ4v) is 4.19. The molecule has 7 nitrogen and oxygen atoms in total. The SMILES string of the molecule is O=C(COc1ccc(N2CC(C(=O)NCCc3ccccc3)CC2=O)cc1)Nc1ccc(Cl)c(Cl)c1. The second kappa shape index (κ2) is 11.9. The number of halogens is 2. The third kappa shape index (κ3) is 6.77. The molecule has 3 amide bonds. The van der Waals surface area contributed by atoms with E-state index >= 15 is 0 Å². The molecule has 0 radical (unpaired) electrons. The first kappa shape index (κ1) is 25.5. The molecule has 4 rings (SSSR count). The number of nitrogens with one attached hydrogen (secondary N) is 2. The van der Waals surface area contributed by atoms with Gasteiger partial charge in [0, 0.05) is 30.9 Å². The normalized spacial score (nSPS) is 15.0. The number of hydrogen-bond donors (Lipinski definition) is 2. The van der Waals surface area contributed by atoms with E-state index in [0.29, 0.717) is 40.3 Å². The van der Waals surface area contributed by atoms with Crippen LogP contribution in [-0.4, -0.2) is 37.4 Å². The second-order valence-electron chi connectivity index (χ2n) is 8.39. The van der Waals surface area contributed by atoms with Crippen LogP contribution < -0.4 is 20.3 Å². The van der Waals surface area contributed by atoms with Crippen LogP contribution in [0.4, 0.5) is 11.4 Å². The van der Waals surface area contributed by atoms with E-state index < -0.39 is 5.92 Å². The third-order valence-electron chi connectivity index (χ3n) is 5.77. The first-order chi connectivity index (χ1) is 17.4. The fraction of sp³-hybridized carbons (Fsp3) is 0.222. The molecule has 36 heavy (non-hydrogen) atoms. The molecule has 1 unspecified atom stereocenters. The van der Waals surface area contributed by atoms with Crippen molar-refractivity contribution in [1.82, 2.24) is 5.32 Å². The summed E-state index contributed by atoms with van der Waals surface area (Å²) in [5.41, 5.74) is 2.34. The molecule has 0 aliphatic carbocycles. The lowest BCUT2D eigenvalue weighted by molar-refractivity contribution is -0.126. The lowest BCUT2D eigenvalue weighted by atomic mass is 10.1. The molecule has 0 aromatic heterocycles. The monoisotopic (exact) mass is 525 g/mol. The quantitative estimate of drug-likeness (QED) is 0.423. The average molecular weight is 526 g/mol. The van der Waals surface area contributed by atoms with Gasteiger partial charge in [0.25, 0.3) is 5.91 Å². The number of carbonyl (C=O) groups is 3. The molecule has 0 saturated carbocycles.